The van der Waals surface area contributed by atoms with Gasteiger partial charge < -0.3 is 0 Å². The van der Waals surface area contributed by atoms with Gasteiger partial charge >= 0.3 is 0 Å². The number of aromatic nitrogens is 2. The molecule has 108 valence electrons. The number of halogens is 3. The van der Waals surface area contributed by atoms with Crippen LogP contribution in [0.5, 0.6) is 0 Å². The first-order valence-corrected chi connectivity index (χ1v) is 8.21. The van der Waals surface area contributed by atoms with Crippen LogP contribution in [-0.4, -0.2) is 15.4 Å². The Morgan fingerprint density at radius 1 is 1.24 bits per heavy atom. The second-order valence-corrected chi connectivity index (χ2v) is 6.49. The Morgan fingerprint density at radius 3 is 2.76 bits per heavy atom. The molecule has 3 aromatic rings. The first-order chi connectivity index (χ1) is 10.1. The zero-order chi connectivity index (χ0) is 15.0. The van der Waals surface area contributed by atoms with E-state index in [4.69, 9.17) is 11.6 Å². The van der Waals surface area contributed by atoms with E-state index in [-0.39, 0.29) is 5.82 Å². The van der Waals surface area contributed by atoms with Crippen molar-refractivity contribution in [3.8, 4) is 5.69 Å². The fourth-order valence-electron chi connectivity index (χ4n) is 2.36. The van der Waals surface area contributed by atoms with Gasteiger partial charge in [-0.3, -0.25) is 4.57 Å². The SMILES string of the molecule is Cc1ccc(-n2c(CCCl)nc3cc(I)ccc32)cc1F. The van der Waals surface area contributed by atoms with Gasteiger partial charge in [0.1, 0.15) is 11.6 Å². The van der Waals surface area contributed by atoms with Gasteiger partial charge in [-0.2, -0.15) is 0 Å². The van der Waals surface area contributed by atoms with Gasteiger partial charge in [-0.15, -0.1) is 11.6 Å². The maximum Gasteiger partial charge on any atom is 0.128 e. The minimum atomic E-state index is -0.211. The van der Waals surface area contributed by atoms with E-state index in [0.717, 1.165) is 26.1 Å². The summed E-state index contributed by atoms with van der Waals surface area (Å²) in [6.07, 6.45) is 0.641. The van der Waals surface area contributed by atoms with Gasteiger partial charge in [-0.25, -0.2) is 9.37 Å². The molecule has 21 heavy (non-hydrogen) atoms. The number of hydrogen-bond donors (Lipinski definition) is 0. The quantitative estimate of drug-likeness (QED) is 0.442. The molecule has 0 aliphatic rings. The molecule has 0 fully saturated rings. The molecule has 0 N–H and O–H groups in total. The summed E-state index contributed by atoms with van der Waals surface area (Å²) < 4.78 is 17.0. The Hall–Kier alpha value is -1.14. The summed E-state index contributed by atoms with van der Waals surface area (Å²) in [7, 11) is 0. The zero-order valence-electron chi connectivity index (χ0n) is 11.4. The summed E-state index contributed by atoms with van der Waals surface area (Å²) in [6.45, 7) is 1.76. The third-order valence-electron chi connectivity index (χ3n) is 3.42. The monoisotopic (exact) mass is 414 g/mol. The van der Waals surface area contributed by atoms with Gasteiger partial charge in [0.2, 0.25) is 0 Å². The van der Waals surface area contributed by atoms with E-state index < -0.39 is 0 Å². The van der Waals surface area contributed by atoms with Crippen molar-refractivity contribution in [2.24, 2.45) is 0 Å². The van der Waals surface area contributed by atoms with Crippen LogP contribution in [0.2, 0.25) is 0 Å². The summed E-state index contributed by atoms with van der Waals surface area (Å²) in [5, 5.41) is 0. The molecule has 0 spiro atoms. The highest BCUT2D eigenvalue weighted by Gasteiger charge is 2.13. The second-order valence-electron chi connectivity index (χ2n) is 4.87. The maximum atomic E-state index is 13.9. The van der Waals surface area contributed by atoms with Crippen LogP contribution in [0, 0.1) is 16.3 Å². The zero-order valence-corrected chi connectivity index (χ0v) is 14.3. The molecular weight excluding hydrogens is 402 g/mol. The number of imidazole rings is 1. The summed E-state index contributed by atoms with van der Waals surface area (Å²) in [5.74, 6) is 1.12. The van der Waals surface area contributed by atoms with Crippen molar-refractivity contribution in [2.75, 3.05) is 5.88 Å². The van der Waals surface area contributed by atoms with E-state index in [1.165, 1.54) is 0 Å². The maximum absolute atomic E-state index is 13.9. The van der Waals surface area contributed by atoms with Crippen molar-refractivity contribution in [1.29, 1.82) is 0 Å². The van der Waals surface area contributed by atoms with Crippen LogP contribution in [0.25, 0.3) is 16.7 Å². The number of rotatable bonds is 3. The van der Waals surface area contributed by atoms with E-state index >= 15 is 0 Å². The lowest BCUT2D eigenvalue weighted by molar-refractivity contribution is 0.617. The molecule has 5 heteroatoms. The van der Waals surface area contributed by atoms with Crippen LogP contribution in [0.3, 0.4) is 0 Å². The van der Waals surface area contributed by atoms with Crippen LogP contribution in [0.15, 0.2) is 36.4 Å². The van der Waals surface area contributed by atoms with Crippen LogP contribution < -0.4 is 0 Å². The Bertz CT molecular complexity index is 813. The number of fused-ring (bicyclic) bond motifs is 1. The molecule has 2 aromatic carbocycles. The van der Waals surface area contributed by atoms with Gasteiger partial charge in [0.15, 0.2) is 0 Å². The Balaban J connectivity index is 2.27. The third-order valence-corrected chi connectivity index (χ3v) is 4.28. The highest BCUT2D eigenvalue weighted by atomic mass is 127. The van der Waals surface area contributed by atoms with Gasteiger partial charge in [-0.05, 0) is 65.4 Å². The lowest BCUT2D eigenvalue weighted by atomic mass is 10.2. The highest BCUT2D eigenvalue weighted by Crippen LogP contribution is 2.25. The van der Waals surface area contributed by atoms with Gasteiger partial charge in [0.25, 0.3) is 0 Å². The van der Waals surface area contributed by atoms with E-state index in [2.05, 4.69) is 27.6 Å². The minimum Gasteiger partial charge on any atom is -0.296 e. The summed E-state index contributed by atoms with van der Waals surface area (Å²) in [4.78, 5) is 4.64. The van der Waals surface area contributed by atoms with Crippen LogP contribution in [0.4, 0.5) is 4.39 Å². The number of nitrogens with zero attached hydrogens (tertiary/aromatic N) is 2. The van der Waals surface area contributed by atoms with Crippen molar-refractivity contribution in [1.82, 2.24) is 9.55 Å². The van der Waals surface area contributed by atoms with Crippen molar-refractivity contribution in [3.05, 3.63) is 57.2 Å². The van der Waals surface area contributed by atoms with Crippen LogP contribution in [-0.2, 0) is 6.42 Å². The Labute approximate surface area is 141 Å². The molecule has 0 bridgehead atoms. The predicted octanol–water partition coefficient (Wildman–Crippen LogP) is 4.86. The van der Waals surface area contributed by atoms with Crippen molar-refractivity contribution in [3.63, 3.8) is 0 Å². The summed E-state index contributed by atoms with van der Waals surface area (Å²) in [5.41, 5.74) is 3.29. The number of aryl methyl sites for hydroxylation is 2. The Morgan fingerprint density at radius 2 is 2.05 bits per heavy atom. The average molecular weight is 415 g/mol. The lowest BCUT2D eigenvalue weighted by Gasteiger charge is -2.09. The first-order valence-electron chi connectivity index (χ1n) is 6.59. The minimum absolute atomic E-state index is 0.211. The van der Waals surface area contributed by atoms with Gasteiger partial charge in [0, 0.05) is 15.9 Å². The average Bonchev–Trinajstić information content (AvgIpc) is 2.79. The molecule has 0 saturated heterocycles. The van der Waals surface area contributed by atoms with Crippen LogP contribution >= 0.6 is 34.2 Å². The fourth-order valence-corrected chi connectivity index (χ4v) is 3.01. The standard InChI is InChI=1S/C16H13ClFIN2/c1-10-2-4-12(9-13(10)18)21-15-5-3-11(19)8-14(15)20-16(21)6-7-17/h2-5,8-9H,6-7H2,1H3. The summed E-state index contributed by atoms with van der Waals surface area (Å²) in [6, 6.07) is 11.3. The van der Waals surface area contributed by atoms with Crippen LogP contribution in [0.1, 0.15) is 11.4 Å². The highest BCUT2D eigenvalue weighted by molar-refractivity contribution is 14.1. The Kier molecular flexibility index (Phi) is 4.17. The molecule has 0 atom stereocenters. The molecule has 0 unspecified atom stereocenters. The molecule has 0 radical (unpaired) electrons. The second kappa shape index (κ2) is 5.93. The van der Waals surface area contributed by atoms with Crippen molar-refractivity contribution < 1.29 is 4.39 Å². The molecule has 3 rings (SSSR count). The molecule has 2 nitrogen and oxygen atoms in total. The van der Waals surface area contributed by atoms with E-state index in [0.29, 0.717) is 17.9 Å². The van der Waals surface area contributed by atoms with Gasteiger partial charge in [-0.1, -0.05) is 6.07 Å². The molecule has 0 aliphatic carbocycles. The topological polar surface area (TPSA) is 17.8 Å². The predicted molar refractivity (Wildman–Crippen MR) is 92.9 cm³/mol. The fraction of sp³-hybridized carbons (Fsp3) is 0.188. The van der Waals surface area contributed by atoms with E-state index in [1.54, 1.807) is 19.1 Å². The lowest BCUT2D eigenvalue weighted by Crippen LogP contribution is -2.03. The smallest absolute Gasteiger partial charge is 0.128 e. The summed E-state index contributed by atoms with van der Waals surface area (Å²) >= 11 is 8.14. The van der Waals surface area contributed by atoms with Gasteiger partial charge in [0.05, 0.1) is 16.7 Å². The number of benzene rings is 2. The number of hydrogen-bond acceptors (Lipinski definition) is 1. The van der Waals surface area contributed by atoms with E-state index in [9.17, 15) is 4.39 Å². The molecule has 1 aromatic heterocycles. The van der Waals surface area contributed by atoms with Crippen molar-refractivity contribution in [2.45, 2.75) is 13.3 Å². The largest absolute Gasteiger partial charge is 0.296 e. The van der Waals surface area contributed by atoms with Crippen molar-refractivity contribution >= 4 is 45.2 Å². The first kappa shape index (κ1) is 14.8. The third kappa shape index (κ3) is 2.79. The molecule has 0 saturated carbocycles. The molecule has 0 amide bonds. The van der Waals surface area contributed by atoms with E-state index in [1.807, 2.05) is 28.8 Å². The molecule has 0 aliphatic heterocycles. The number of alkyl halides is 1. The molecule has 1 heterocycles. The normalized spacial score (nSPS) is 11.2. The molecular formula is C16H13ClFIN2.